The molecule has 1 aromatic carbocycles. The summed E-state index contributed by atoms with van der Waals surface area (Å²) >= 11 is 5.15. The van der Waals surface area contributed by atoms with E-state index >= 15 is 0 Å². The summed E-state index contributed by atoms with van der Waals surface area (Å²) < 4.78 is 27.2. The van der Waals surface area contributed by atoms with E-state index in [1.165, 1.54) is 0 Å². The van der Waals surface area contributed by atoms with E-state index in [2.05, 4.69) is 20.3 Å². The molecule has 0 spiro atoms. The zero-order valence-electron chi connectivity index (χ0n) is 12.4. The monoisotopic (exact) mass is 340 g/mol. The second-order valence-corrected chi connectivity index (χ2v) is 7.04. The van der Waals surface area contributed by atoms with Gasteiger partial charge in [0.15, 0.2) is 5.11 Å². The largest absolute Gasteiger partial charge is 0.362 e. The third-order valence-electron chi connectivity index (χ3n) is 3.06. The number of sulfonamides is 1. The lowest BCUT2D eigenvalue weighted by Gasteiger charge is -2.12. The van der Waals surface area contributed by atoms with Crippen molar-refractivity contribution >= 4 is 38.9 Å². The zero-order chi connectivity index (χ0) is 16.0. The van der Waals surface area contributed by atoms with Crippen molar-refractivity contribution in [3.63, 3.8) is 0 Å². The highest BCUT2D eigenvalue weighted by molar-refractivity contribution is 7.90. The lowest BCUT2D eigenvalue weighted by molar-refractivity contribution is 0.592. The van der Waals surface area contributed by atoms with Crippen LogP contribution in [-0.2, 0) is 10.0 Å². The molecule has 120 valence electrons. The average molecular weight is 340 g/mol. The maximum atomic E-state index is 12.3. The fraction of sp³-hybridized carbons (Fsp3) is 0.429. The van der Waals surface area contributed by atoms with Gasteiger partial charge in [-0.25, -0.2) is 8.42 Å². The number of hydrogen-bond acceptors (Lipinski definition) is 4. The first-order valence-electron chi connectivity index (χ1n) is 7.22. The maximum absolute atomic E-state index is 12.3. The molecule has 1 aliphatic rings. The number of thiocarbonyl (C=S) groups is 1. The Morgan fingerprint density at radius 1 is 1.41 bits per heavy atom. The molecule has 0 atom stereocenters. The predicted octanol–water partition coefficient (Wildman–Crippen LogP) is 1.85. The lowest BCUT2D eigenvalue weighted by Crippen LogP contribution is -2.30. The van der Waals surface area contributed by atoms with Crippen LogP contribution in [0.1, 0.15) is 26.2 Å². The number of anilines is 1. The molecule has 0 amide bonds. The Labute approximate surface area is 136 Å². The molecular weight excluding hydrogens is 320 g/mol. The summed E-state index contributed by atoms with van der Waals surface area (Å²) in [6.45, 7) is 3.49. The Bertz CT molecular complexity index is 671. The molecule has 0 radical (unpaired) electrons. The van der Waals surface area contributed by atoms with Crippen LogP contribution in [0.4, 0.5) is 5.69 Å². The first-order chi connectivity index (χ1) is 10.5. The Kier molecular flexibility index (Phi) is 5.73. The quantitative estimate of drug-likeness (QED) is 0.713. The minimum atomic E-state index is -3.60. The summed E-state index contributed by atoms with van der Waals surface area (Å²) in [6, 6.07) is 6.55. The number of benzene rings is 1. The molecule has 0 bridgehead atoms. The maximum Gasteiger partial charge on any atom is 0.262 e. The summed E-state index contributed by atoms with van der Waals surface area (Å²) in [4.78, 5) is 4.32. The van der Waals surface area contributed by atoms with E-state index in [1.54, 1.807) is 24.3 Å². The molecule has 8 heteroatoms. The molecule has 0 fully saturated rings. The van der Waals surface area contributed by atoms with Gasteiger partial charge in [0.1, 0.15) is 5.84 Å². The van der Waals surface area contributed by atoms with Crippen molar-refractivity contribution < 1.29 is 8.42 Å². The number of nitrogens with zero attached hydrogens (tertiary/aromatic N) is 1. The highest BCUT2D eigenvalue weighted by Crippen LogP contribution is 2.16. The van der Waals surface area contributed by atoms with Crippen LogP contribution in [0.3, 0.4) is 0 Å². The second-order valence-electron chi connectivity index (χ2n) is 4.95. The van der Waals surface area contributed by atoms with Crippen molar-refractivity contribution in [3.8, 4) is 0 Å². The third kappa shape index (κ3) is 4.67. The molecule has 3 N–H and O–H groups in total. The number of hydrogen-bond donors (Lipinski definition) is 3. The molecule has 0 saturated carbocycles. The van der Waals surface area contributed by atoms with E-state index in [0.717, 1.165) is 19.4 Å². The van der Waals surface area contributed by atoms with Crippen LogP contribution >= 0.6 is 12.2 Å². The van der Waals surface area contributed by atoms with Gasteiger partial charge in [-0.05, 0) is 43.3 Å². The van der Waals surface area contributed by atoms with Gasteiger partial charge in [0, 0.05) is 25.2 Å². The normalized spacial score (nSPS) is 14.3. The molecule has 2 rings (SSSR count). The van der Waals surface area contributed by atoms with Crippen LogP contribution in [0.25, 0.3) is 0 Å². The van der Waals surface area contributed by atoms with E-state index in [4.69, 9.17) is 12.2 Å². The van der Waals surface area contributed by atoms with E-state index in [9.17, 15) is 8.42 Å². The average Bonchev–Trinajstić information content (AvgIpc) is 2.97. The Balaban J connectivity index is 2.08. The highest BCUT2D eigenvalue weighted by Gasteiger charge is 2.18. The van der Waals surface area contributed by atoms with E-state index in [1.807, 2.05) is 6.92 Å². The Morgan fingerprint density at radius 2 is 2.23 bits per heavy atom. The molecule has 0 unspecified atom stereocenters. The number of aliphatic imine (C=N–C) groups is 1. The summed E-state index contributed by atoms with van der Waals surface area (Å²) in [5.74, 6) is 0.526. The van der Waals surface area contributed by atoms with Gasteiger partial charge in [-0.15, -0.1) is 0 Å². The standard InChI is InChI=1S/C14H20N4O2S2/c1-2-8-16-14(21)17-11-5-3-6-12(10-11)22(19,20)18-13-7-4-9-15-13/h3,5-6,10H,2,4,7-9H2,1H3,(H,15,18)(H2,16,17,21). The summed E-state index contributed by atoms with van der Waals surface area (Å²) in [6.07, 6.45) is 2.52. The Hall–Kier alpha value is -1.67. The molecular formula is C14H20N4O2S2. The Morgan fingerprint density at radius 3 is 2.91 bits per heavy atom. The van der Waals surface area contributed by atoms with Crippen molar-refractivity contribution in [1.82, 2.24) is 10.0 Å². The molecule has 1 heterocycles. The minimum absolute atomic E-state index is 0.186. The van der Waals surface area contributed by atoms with Crippen molar-refractivity contribution in [3.05, 3.63) is 24.3 Å². The van der Waals surface area contributed by atoms with Gasteiger partial charge < -0.3 is 10.6 Å². The van der Waals surface area contributed by atoms with Crippen LogP contribution in [0.5, 0.6) is 0 Å². The van der Waals surface area contributed by atoms with Gasteiger partial charge in [-0.3, -0.25) is 9.71 Å². The fourth-order valence-corrected chi connectivity index (χ4v) is 3.35. The van der Waals surface area contributed by atoms with Gasteiger partial charge in [0.05, 0.1) is 4.90 Å². The van der Waals surface area contributed by atoms with Crippen molar-refractivity contribution in [1.29, 1.82) is 0 Å². The van der Waals surface area contributed by atoms with Crippen LogP contribution in [-0.4, -0.2) is 32.5 Å². The van der Waals surface area contributed by atoms with Gasteiger partial charge in [0.25, 0.3) is 10.0 Å². The molecule has 1 aromatic rings. The van der Waals surface area contributed by atoms with Gasteiger partial charge in [0.2, 0.25) is 0 Å². The van der Waals surface area contributed by atoms with E-state index in [-0.39, 0.29) is 4.90 Å². The molecule has 1 aliphatic heterocycles. The van der Waals surface area contributed by atoms with Crippen LogP contribution in [0.2, 0.25) is 0 Å². The van der Waals surface area contributed by atoms with Crippen molar-refractivity contribution in [2.24, 2.45) is 4.99 Å². The predicted molar refractivity (Wildman–Crippen MR) is 92.8 cm³/mol. The van der Waals surface area contributed by atoms with Crippen molar-refractivity contribution in [2.75, 3.05) is 18.4 Å². The van der Waals surface area contributed by atoms with Crippen LogP contribution < -0.4 is 15.4 Å². The third-order valence-corrected chi connectivity index (χ3v) is 4.69. The first-order valence-corrected chi connectivity index (χ1v) is 9.11. The summed E-state index contributed by atoms with van der Waals surface area (Å²) in [5.41, 5.74) is 0.629. The number of rotatable bonds is 5. The fourth-order valence-electron chi connectivity index (χ4n) is 1.99. The van der Waals surface area contributed by atoms with Gasteiger partial charge in [-0.1, -0.05) is 13.0 Å². The molecule has 0 aromatic heterocycles. The van der Waals surface area contributed by atoms with E-state index in [0.29, 0.717) is 29.6 Å². The van der Waals surface area contributed by atoms with Crippen molar-refractivity contribution in [2.45, 2.75) is 31.1 Å². The molecule has 22 heavy (non-hydrogen) atoms. The smallest absolute Gasteiger partial charge is 0.262 e. The van der Waals surface area contributed by atoms with Crippen LogP contribution in [0, 0.1) is 0 Å². The summed E-state index contributed by atoms with van der Waals surface area (Å²) in [5, 5.41) is 6.49. The lowest BCUT2D eigenvalue weighted by atomic mass is 10.3. The molecule has 0 saturated heterocycles. The topological polar surface area (TPSA) is 82.6 Å². The van der Waals surface area contributed by atoms with Gasteiger partial charge >= 0.3 is 0 Å². The number of amidine groups is 1. The number of nitrogens with one attached hydrogen (secondary N) is 3. The zero-order valence-corrected chi connectivity index (χ0v) is 14.1. The highest BCUT2D eigenvalue weighted by atomic mass is 32.2. The van der Waals surface area contributed by atoms with Gasteiger partial charge in [-0.2, -0.15) is 0 Å². The van der Waals surface area contributed by atoms with Crippen LogP contribution in [0.15, 0.2) is 34.2 Å². The summed E-state index contributed by atoms with van der Waals surface area (Å²) in [7, 11) is -3.60. The molecule has 6 nitrogen and oxygen atoms in total. The minimum Gasteiger partial charge on any atom is -0.362 e. The van der Waals surface area contributed by atoms with E-state index < -0.39 is 10.0 Å². The SMILES string of the molecule is CCCNC(=S)Nc1cccc(S(=O)(=O)NC2=NCCC2)c1. The molecule has 0 aliphatic carbocycles. The first kappa shape index (κ1) is 16.7. The second kappa shape index (κ2) is 7.55.